The van der Waals surface area contributed by atoms with Gasteiger partial charge >= 0.3 is 5.70 Å². The van der Waals surface area contributed by atoms with E-state index in [1.165, 1.54) is 0 Å². The van der Waals surface area contributed by atoms with Crippen molar-refractivity contribution in [1.82, 2.24) is 0 Å². The first-order valence-electron chi connectivity index (χ1n) is 8.82. The summed E-state index contributed by atoms with van der Waals surface area (Å²) in [6.07, 6.45) is 0. The van der Waals surface area contributed by atoms with E-state index in [0.29, 0.717) is 0 Å². The van der Waals surface area contributed by atoms with Crippen LogP contribution in [0.1, 0.15) is 0 Å². The van der Waals surface area contributed by atoms with Crippen molar-refractivity contribution in [3.8, 4) is 40.5 Å². The normalized spacial score (nSPS) is 12.4. The van der Waals surface area contributed by atoms with Crippen molar-refractivity contribution in [3.63, 3.8) is 0 Å². The Bertz CT molecular complexity index is 1700. The first kappa shape index (κ1) is 22.6. The zero-order valence-corrected chi connectivity index (χ0v) is 17.9. The van der Waals surface area contributed by atoms with Crippen molar-refractivity contribution in [2.45, 2.75) is 0 Å². The van der Waals surface area contributed by atoms with Gasteiger partial charge in [0.2, 0.25) is 0 Å². The maximum atomic E-state index is 14.5. The fourth-order valence-corrected chi connectivity index (χ4v) is 4.33. The molecular formula is C22H4F4N4O2S2. The van der Waals surface area contributed by atoms with Crippen molar-refractivity contribution in [1.29, 1.82) is 15.8 Å². The second-order valence-electron chi connectivity index (χ2n) is 6.35. The van der Waals surface area contributed by atoms with Crippen molar-refractivity contribution in [2.24, 2.45) is 0 Å². The molecular weight excluding hydrogens is 492 g/mol. The Morgan fingerprint density at radius 2 is 1.21 bits per heavy atom. The SMILES string of the molecule is [C-]#[N+]/C(C#N)=c1\cc(-c2cc(F)sc2F)/c(=c2\oc(=C(C#N)C#N)cc2-c2cc(F)sc2F)o1. The van der Waals surface area contributed by atoms with Crippen LogP contribution in [0.4, 0.5) is 17.6 Å². The number of rotatable bonds is 2. The molecule has 0 atom stereocenters. The van der Waals surface area contributed by atoms with E-state index >= 15 is 0 Å². The highest BCUT2D eigenvalue weighted by atomic mass is 32.1. The van der Waals surface area contributed by atoms with Gasteiger partial charge in [-0.2, -0.15) is 28.1 Å². The van der Waals surface area contributed by atoms with Gasteiger partial charge in [-0.25, -0.2) is 10.1 Å². The van der Waals surface area contributed by atoms with Gasteiger partial charge in [-0.1, -0.05) is 22.7 Å². The summed E-state index contributed by atoms with van der Waals surface area (Å²) in [5.41, 5.74) is -3.31. The zero-order valence-electron chi connectivity index (χ0n) is 16.2. The third kappa shape index (κ3) is 3.74. The van der Waals surface area contributed by atoms with Crippen LogP contribution in [0.15, 0.2) is 33.1 Å². The standard InChI is InChI=1S/C22H4F4N4O2S2/c1-30-14(8-29)16-3-11(13-5-18(24)34-22(13)26)20(32-16)19-10(12-4-17(23)33-21(12)25)2-15(31-19)9(6-27)7-28/h2-5H/b16-14+,20-19+. The topological polar surface area (TPSA) is 102 Å². The van der Waals surface area contributed by atoms with E-state index in [-0.39, 0.29) is 66.6 Å². The van der Waals surface area contributed by atoms with Crippen LogP contribution < -0.4 is 10.8 Å². The number of nitrogens with zero attached hydrogens (tertiary/aromatic N) is 4. The summed E-state index contributed by atoms with van der Waals surface area (Å²) in [6, 6.07) is 8.70. The highest BCUT2D eigenvalue weighted by molar-refractivity contribution is 7.09. The van der Waals surface area contributed by atoms with Crippen molar-refractivity contribution >= 4 is 33.9 Å². The number of nitriles is 3. The second-order valence-corrected chi connectivity index (χ2v) is 8.26. The van der Waals surface area contributed by atoms with E-state index in [2.05, 4.69) is 4.85 Å². The van der Waals surface area contributed by atoms with Gasteiger partial charge in [-0.3, -0.25) is 0 Å². The van der Waals surface area contributed by atoms with Crippen LogP contribution in [0.3, 0.4) is 0 Å². The van der Waals surface area contributed by atoms with Gasteiger partial charge in [0.25, 0.3) is 0 Å². The lowest BCUT2D eigenvalue weighted by Crippen LogP contribution is -1.98. The summed E-state index contributed by atoms with van der Waals surface area (Å²) in [4.78, 5) is 3.02. The fraction of sp³-hybridized carbons (Fsp3) is 0. The average molecular weight is 496 g/mol. The second kappa shape index (κ2) is 8.73. The molecule has 34 heavy (non-hydrogen) atoms. The molecule has 4 aromatic heterocycles. The van der Waals surface area contributed by atoms with E-state index in [4.69, 9.17) is 15.4 Å². The molecule has 4 aromatic rings. The van der Waals surface area contributed by atoms with Crippen LogP contribution in [0.2, 0.25) is 0 Å². The van der Waals surface area contributed by atoms with Crippen molar-refractivity contribution < 1.29 is 26.4 Å². The molecule has 0 spiro atoms. The monoisotopic (exact) mass is 496 g/mol. The highest BCUT2D eigenvalue weighted by Crippen LogP contribution is 2.33. The largest absolute Gasteiger partial charge is 0.463 e. The van der Waals surface area contributed by atoms with E-state index in [9.17, 15) is 33.3 Å². The van der Waals surface area contributed by atoms with Gasteiger partial charge in [0, 0.05) is 22.3 Å². The summed E-state index contributed by atoms with van der Waals surface area (Å²) in [6.45, 7) is 7.14. The van der Waals surface area contributed by atoms with E-state index in [1.807, 2.05) is 0 Å². The molecule has 0 aliphatic rings. The van der Waals surface area contributed by atoms with Crippen LogP contribution in [0.25, 0.3) is 38.4 Å². The van der Waals surface area contributed by atoms with Crippen LogP contribution in [0.5, 0.6) is 0 Å². The molecule has 0 radical (unpaired) electrons. The number of hydrogen-bond donors (Lipinski definition) is 0. The lowest BCUT2D eigenvalue weighted by atomic mass is 10.1. The predicted molar refractivity (Wildman–Crippen MR) is 111 cm³/mol. The molecule has 0 bridgehead atoms. The molecule has 0 N–H and O–H groups in total. The summed E-state index contributed by atoms with van der Waals surface area (Å²) in [5, 5.41) is 23.9. The number of halogens is 4. The fourth-order valence-electron chi connectivity index (χ4n) is 3.08. The minimum absolute atomic E-state index is 0.155. The molecule has 4 rings (SSSR count). The molecule has 0 fully saturated rings. The van der Waals surface area contributed by atoms with Gasteiger partial charge in [0.15, 0.2) is 42.3 Å². The lowest BCUT2D eigenvalue weighted by Gasteiger charge is -1.94. The minimum Gasteiger partial charge on any atom is -0.463 e. The number of hydrogen-bond acceptors (Lipinski definition) is 7. The lowest BCUT2D eigenvalue weighted by molar-refractivity contribution is 0.449. The molecule has 12 heteroatoms. The Kier molecular flexibility index (Phi) is 5.79. The highest BCUT2D eigenvalue weighted by Gasteiger charge is 2.21. The van der Waals surface area contributed by atoms with Crippen LogP contribution in [-0.2, 0) is 0 Å². The molecule has 0 aliphatic heterocycles. The van der Waals surface area contributed by atoms with Crippen LogP contribution in [0, 0.1) is 71.9 Å². The van der Waals surface area contributed by atoms with E-state index in [0.717, 1.165) is 24.3 Å². The first-order chi connectivity index (χ1) is 16.3. The summed E-state index contributed by atoms with van der Waals surface area (Å²) >= 11 is 0.368. The van der Waals surface area contributed by atoms with Gasteiger partial charge in [-0.15, -0.1) is 0 Å². The minimum atomic E-state index is -0.965. The smallest absolute Gasteiger partial charge is 0.303 e. The summed E-state index contributed by atoms with van der Waals surface area (Å²) < 4.78 is 67.7. The van der Waals surface area contributed by atoms with E-state index < -0.39 is 31.8 Å². The van der Waals surface area contributed by atoms with Gasteiger partial charge in [0.05, 0.1) is 12.6 Å². The molecule has 0 unspecified atom stereocenters. The first-order valence-corrected chi connectivity index (χ1v) is 10.4. The maximum absolute atomic E-state index is 14.5. The predicted octanol–water partition coefficient (Wildman–Crippen LogP) is 4.92. The number of thiophene rings is 2. The molecule has 164 valence electrons. The van der Waals surface area contributed by atoms with Gasteiger partial charge < -0.3 is 8.83 Å². The average Bonchev–Trinajstić information content (AvgIpc) is 3.55. The Balaban J connectivity index is 2.34. The quantitative estimate of drug-likeness (QED) is 0.290. The third-order valence-corrected chi connectivity index (χ3v) is 5.91. The maximum Gasteiger partial charge on any atom is 0.303 e. The number of furan rings is 2. The van der Waals surface area contributed by atoms with Crippen molar-refractivity contribution in [2.75, 3.05) is 0 Å². The molecule has 0 aromatic carbocycles. The Morgan fingerprint density at radius 3 is 1.59 bits per heavy atom. The van der Waals surface area contributed by atoms with Crippen molar-refractivity contribution in [3.05, 3.63) is 77.9 Å². The molecule has 4 heterocycles. The zero-order chi connectivity index (χ0) is 24.6. The molecule has 6 nitrogen and oxygen atoms in total. The Hall–Kier alpha value is -4.62. The van der Waals surface area contributed by atoms with Crippen LogP contribution >= 0.6 is 22.7 Å². The van der Waals surface area contributed by atoms with E-state index in [1.54, 1.807) is 18.2 Å². The van der Waals surface area contributed by atoms with Gasteiger partial charge in [-0.05, 0) is 24.3 Å². The molecule has 0 saturated heterocycles. The molecule has 0 aliphatic carbocycles. The molecule has 0 amide bonds. The Labute approximate surface area is 194 Å². The Morgan fingerprint density at radius 1 is 0.735 bits per heavy atom. The summed E-state index contributed by atoms with van der Waals surface area (Å²) in [7, 11) is 0. The van der Waals surface area contributed by atoms with Gasteiger partial charge in [0.1, 0.15) is 17.6 Å². The van der Waals surface area contributed by atoms with Crippen LogP contribution in [-0.4, -0.2) is 0 Å². The molecule has 0 saturated carbocycles. The summed E-state index contributed by atoms with van der Waals surface area (Å²) in [5.74, 6) is 0. The third-order valence-electron chi connectivity index (χ3n) is 4.49.